The Morgan fingerprint density at radius 2 is 1.75 bits per heavy atom. The minimum absolute atomic E-state index is 0.324. The maximum absolute atomic E-state index is 12.8. The van der Waals surface area contributed by atoms with Gasteiger partial charge in [0.1, 0.15) is 11.7 Å². The van der Waals surface area contributed by atoms with Crippen LogP contribution in [0.3, 0.4) is 0 Å². The van der Waals surface area contributed by atoms with Crippen molar-refractivity contribution in [1.29, 1.82) is 0 Å². The number of aromatic nitrogens is 4. The van der Waals surface area contributed by atoms with Crippen LogP contribution < -0.4 is 11.0 Å². The van der Waals surface area contributed by atoms with Crippen molar-refractivity contribution >= 4 is 16.9 Å². The number of benzene rings is 2. The second kappa shape index (κ2) is 6.77. The molecule has 0 radical (unpaired) electrons. The van der Waals surface area contributed by atoms with E-state index in [2.05, 4.69) is 15.5 Å². The number of carbonyl (C=O) groups excluding carboxylic acids is 1. The van der Waals surface area contributed by atoms with Gasteiger partial charge in [0.25, 0.3) is 11.5 Å². The lowest BCUT2D eigenvalue weighted by Crippen LogP contribution is -2.33. The lowest BCUT2D eigenvalue weighted by molar-refractivity contribution is 0.101. The number of hydrogen-bond acceptors (Lipinski definition) is 4. The van der Waals surface area contributed by atoms with E-state index in [0.29, 0.717) is 16.6 Å². The smallest absolute Gasteiger partial charge is 0.267 e. The van der Waals surface area contributed by atoms with Gasteiger partial charge in [-0.1, -0.05) is 23.8 Å². The normalized spacial score (nSPS) is 11.0. The van der Waals surface area contributed by atoms with Crippen LogP contribution in [-0.4, -0.2) is 25.3 Å². The highest BCUT2D eigenvalue weighted by molar-refractivity contribution is 6.00. The number of rotatable bonds is 3. The molecule has 0 saturated carbocycles. The van der Waals surface area contributed by atoms with Gasteiger partial charge in [0, 0.05) is 5.56 Å². The Kier molecular flexibility index (Phi) is 4.27. The second-order valence-electron chi connectivity index (χ2n) is 6.79. The summed E-state index contributed by atoms with van der Waals surface area (Å²) in [5.74, 6) is -0.384. The maximum atomic E-state index is 12.8. The van der Waals surface area contributed by atoms with Crippen LogP contribution in [0.25, 0.3) is 16.7 Å². The molecule has 0 saturated heterocycles. The molecule has 1 amide bonds. The van der Waals surface area contributed by atoms with Crippen LogP contribution in [0.15, 0.2) is 59.8 Å². The van der Waals surface area contributed by atoms with E-state index in [9.17, 15) is 9.59 Å². The van der Waals surface area contributed by atoms with E-state index in [4.69, 9.17) is 0 Å². The van der Waals surface area contributed by atoms with Gasteiger partial charge < -0.3 is 0 Å². The first-order chi connectivity index (χ1) is 13.4. The van der Waals surface area contributed by atoms with Crippen LogP contribution in [0.4, 0.5) is 0 Å². The van der Waals surface area contributed by atoms with Crippen molar-refractivity contribution in [1.82, 2.24) is 19.4 Å². The Morgan fingerprint density at radius 3 is 2.46 bits per heavy atom. The standard InChI is InChI=1S/C21H19N5O2/c1-13-4-7-16(8-5-13)20(27)24-25-12-22-19-18(21(25)28)11-23-26(19)17-9-6-14(2)15(3)10-17/h4-12H,1-3H3,(H,24,27). The first-order valence-electron chi connectivity index (χ1n) is 8.85. The van der Waals surface area contributed by atoms with Gasteiger partial charge in [0.05, 0.1) is 11.9 Å². The average Bonchev–Trinajstić information content (AvgIpc) is 3.11. The van der Waals surface area contributed by atoms with Crippen molar-refractivity contribution in [2.24, 2.45) is 0 Å². The van der Waals surface area contributed by atoms with Crippen molar-refractivity contribution in [2.45, 2.75) is 20.8 Å². The highest BCUT2D eigenvalue weighted by Gasteiger charge is 2.14. The van der Waals surface area contributed by atoms with E-state index in [1.165, 1.54) is 18.1 Å². The number of aryl methyl sites for hydroxylation is 3. The molecule has 2 aromatic heterocycles. The first kappa shape index (κ1) is 17.7. The van der Waals surface area contributed by atoms with Gasteiger partial charge in [-0.25, -0.2) is 14.3 Å². The number of nitrogens with one attached hydrogen (secondary N) is 1. The van der Waals surface area contributed by atoms with Gasteiger partial charge in [0.2, 0.25) is 0 Å². The van der Waals surface area contributed by atoms with Crippen molar-refractivity contribution in [3.8, 4) is 5.69 Å². The molecule has 4 rings (SSSR count). The van der Waals surface area contributed by atoms with Gasteiger partial charge in [0.15, 0.2) is 5.65 Å². The zero-order valence-electron chi connectivity index (χ0n) is 15.8. The van der Waals surface area contributed by atoms with E-state index in [1.54, 1.807) is 16.8 Å². The third-order valence-corrected chi connectivity index (χ3v) is 4.76. The molecular formula is C21H19N5O2. The summed E-state index contributed by atoms with van der Waals surface area (Å²) >= 11 is 0. The summed E-state index contributed by atoms with van der Waals surface area (Å²) in [6.07, 6.45) is 2.77. The molecular weight excluding hydrogens is 354 g/mol. The SMILES string of the molecule is Cc1ccc(C(=O)Nn2cnc3c(cnn3-c3ccc(C)c(C)c3)c2=O)cc1. The van der Waals surface area contributed by atoms with E-state index < -0.39 is 0 Å². The van der Waals surface area contributed by atoms with Crippen LogP contribution in [0.5, 0.6) is 0 Å². The molecule has 7 heteroatoms. The maximum Gasteiger partial charge on any atom is 0.283 e. The summed E-state index contributed by atoms with van der Waals surface area (Å²) in [7, 11) is 0. The predicted molar refractivity (Wildman–Crippen MR) is 107 cm³/mol. The lowest BCUT2D eigenvalue weighted by Gasteiger charge is -2.09. The zero-order chi connectivity index (χ0) is 19.8. The summed E-state index contributed by atoms with van der Waals surface area (Å²) in [6, 6.07) is 13.0. The third kappa shape index (κ3) is 3.07. The Morgan fingerprint density at radius 1 is 1.00 bits per heavy atom. The molecule has 0 atom stereocenters. The fourth-order valence-electron chi connectivity index (χ4n) is 2.92. The third-order valence-electron chi connectivity index (χ3n) is 4.76. The van der Waals surface area contributed by atoms with Gasteiger partial charge in [-0.3, -0.25) is 15.0 Å². The summed E-state index contributed by atoms with van der Waals surface area (Å²) in [6.45, 7) is 6.00. The zero-order valence-corrected chi connectivity index (χ0v) is 15.8. The highest BCUT2D eigenvalue weighted by atomic mass is 16.2. The second-order valence-corrected chi connectivity index (χ2v) is 6.79. The van der Waals surface area contributed by atoms with Crippen molar-refractivity contribution in [3.05, 3.63) is 87.6 Å². The number of fused-ring (bicyclic) bond motifs is 1. The molecule has 1 N–H and O–H groups in total. The van der Waals surface area contributed by atoms with E-state index in [1.807, 2.05) is 51.1 Å². The fourth-order valence-corrected chi connectivity index (χ4v) is 2.92. The van der Waals surface area contributed by atoms with Gasteiger partial charge in [-0.2, -0.15) is 5.10 Å². The molecule has 140 valence electrons. The molecule has 0 unspecified atom stereocenters. The highest BCUT2D eigenvalue weighted by Crippen LogP contribution is 2.17. The Labute approximate surface area is 161 Å². The molecule has 28 heavy (non-hydrogen) atoms. The number of carbonyl (C=O) groups is 1. The lowest BCUT2D eigenvalue weighted by atomic mass is 10.1. The van der Waals surface area contributed by atoms with E-state index in [-0.39, 0.29) is 11.5 Å². The molecule has 0 spiro atoms. The fraction of sp³-hybridized carbons (Fsp3) is 0.143. The summed E-state index contributed by atoms with van der Waals surface area (Å²) in [5.41, 5.74) is 7.26. The van der Waals surface area contributed by atoms with Crippen LogP contribution in [0.1, 0.15) is 27.0 Å². The van der Waals surface area contributed by atoms with Gasteiger partial charge in [-0.05, 0) is 56.2 Å². The number of nitrogens with zero attached hydrogens (tertiary/aromatic N) is 4. The molecule has 0 aliphatic heterocycles. The van der Waals surface area contributed by atoms with Crippen molar-refractivity contribution < 1.29 is 4.79 Å². The minimum Gasteiger partial charge on any atom is -0.267 e. The van der Waals surface area contributed by atoms with Crippen molar-refractivity contribution in [3.63, 3.8) is 0 Å². The van der Waals surface area contributed by atoms with Crippen LogP contribution in [0.2, 0.25) is 0 Å². The molecule has 0 bridgehead atoms. The van der Waals surface area contributed by atoms with Crippen molar-refractivity contribution in [2.75, 3.05) is 5.43 Å². The topological polar surface area (TPSA) is 81.8 Å². The van der Waals surface area contributed by atoms with E-state index in [0.717, 1.165) is 21.5 Å². The first-order valence-corrected chi connectivity index (χ1v) is 8.85. The number of hydrogen-bond donors (Lipinski definition) is 1. The molecule has 7 nitrogen and oxygen atoms in total. The largest absolute Gasteiger partial charge is 0.283 e. The van der Waals surface area contributed by atoms with Gasteiger partial charge >= 0.3 is 0 Å². The summed E-state index contributed by atoms with van der Waals surface area (Å²) < 4.78 is 2.70. The van der Waals surface area contributed by atoms with Crippen LogP contribution in [0, 0.1) is 20.8 Å². The molecule has 0 aliphatic rings. The monoisotopic (exact) mass is 373 g/mol. The Hall–Kier alpha value is -3.74. The minimum atomic E-state index is -0.388. The van der Waals surface area contributed by atoms with E-state index >= 15 is 0 Å². The summed E-state index contributed by atoms with van der Waals surface area (Å²) in [4.78, 5) is 29.5. The Bertz CT molecular complexity index is 1250. The summed E-state index contributed by atoms with van der Waals surface area (Å²) in [5, 5.41) is 4.64. The molecule has 2 aromatic carbocycles. The van der Waals surface area contributed by atoms with Crippen LogP contribution >= 0.6 is 0 Å². The molecule has 0 fully saturated rings. The predicted octanol–water partition coefficient (Wildman–Crippen LogP) is 2.89. The molecule has 0 aliphatic carbocycles. The van der Waals surface area contributed by atoms with Gasteiger partial charge in [-0.15, -0.1) is 0 Å². The van der Waals surface area contributed by atoms with Crippen LogP contribution in [-0.2, 0) is 0 Å². The number of amides is 1. The molecule has 2 heterocycles. The quantitative estimate of drug-likeness (QED) is 0.599. The molecule has 4 aromatic rings. The Balaban J connectivity index is 1.70. The average molecular weight is 373 g/mol.